The molecule has 1 aliphatic rings. The van der Waals surface area contributed by atoms with E-state index in [4.69, 9.17) is 11.1 Å². The largest absolute Gasteiger partial charge is 0.405 e. The van der Waals surface area contributed by atoms with Crippen LogP contribution >= 0.6 is 11.3 Å². The molecule has 0 unspecified atom stereocenters. The zero-order valence-electron chi connectivity index (χ0n) is 15.2. The number of urea groups is 1. The standard InChI is InChI=1S/C16H21F3N6O2S/c1-10-12(13(26)22-9-11(21)3-5-20)28-14(23-10)25-8-7-24(15(25)27)6-2-4-16(17,18)19/h3,5,21H,2,4,6-9,20H2,1H3,(H,22,26)/b5-3-,21-11?. The van der Waals surface area contributed by atoms with E-state index in [1.54, 1.807) is 6.92 Å². The van der Waals surface area contributed by atoms with Gasteiger partial charge in [0.15, 0.2) is 5.13 Å². The fourth-order valence-corrected chi connectivity index (χ4v) is 3.58. The molecule has 0 atom stereocenters. The minimum absolute atomic E-state index is 0.00512. The topological polar surface area (TPSA) is 115 Å². The van der Waals surface area contributed by atoms with Gasteiger partial charge in [0.25, 0.3) is 5.91 Å². The van der Waals surface area contributed by atoms with Crippen LogP contribution in [0.1, 0.15) is 28.2 Å². The fourth-order valence-electron chi connectivity index (χ4n) is 2.58. The second kappa shape index (κ2) is 9.04. The first kappa shape index (κ1) is 21.7. The van der Waals surface area contributed by atoms with E-state index in [1.807, 2.05) is 0 Å². The van der Waals surface area contributed by atoms with Crippen LogP contribution in [0.2, 0.25) is 0 Å². The van der Waals surface area contributed by atoms with Gasteiger partial charge in [-0.15, -0.1) is 0 Å². The average Bonchev–Trinajstić information content (AvgIpc) is 3.15. The minimum Gasteiger partial charge on any atom is -0.405 e. The number of aromatic nitrogens is 1. The molecule has 2 rings (SSSR count). The minimum atomic E-state index is -4.24. The van der Waals surface area contributed by atoms with Crippen molar-refractivity contribution in [3.05, 3.63) is 22.8 Å². The van der Waals surface area contributed by atoms with Gasteiger partial charge in [-0.3, -0.25) is 9.69 Å². The number of hydrogen-bond acceptors (Lipinski definition) is 6. The van der Waals surface area contributed by atoms with Crippen molar-refractivity contribution in [2.24, 2.45) is 5.73 Å². The summed E-state index contributed by atoms with van der Waals surface area (Å²) in [5, 5.41) is 10.5. The van der Waals surface area contributed by atoms with Gasteiger partial charge in [-0.05, 0) is 25.6 Å². The van der Waals surface area contributed by atoms with E-state index in [1.165, 1.54) is 22.1 Å². The zero-order chi connectivity index (χ0) is 20.9. The summed E-state index contributed by atoms with van der Waals surface area (Å²) >= 11 is 1.03. The molecular formula is C16H21F3N6O2S. The smallest absolute Gasteiger partial charge is 0.389 e. The van der Waals surface area contributed by atoms with Crippen LogP contribution in [0.5, 0.6) is 0 Å². The molecule has 154 valence electrons. The number of carbonyl (C=O) groups excluding carboxylic acids is 2. The highest BCUT2D eigenvalue weighted by Crippen LogP contribution is 2.29. The molecule has 0 spiro atoms. The maximum atomic E-state index is 12.4. The number of amides is 3. The number of rotatable bonds is 8. The Kier molecular flexibility index (Phi) is 7.00. The number of thiazole rings is 1. The second-order valence-corrected chi connectivity index (χ2v) is 7.10. The van der Waals surface area contributed by atoms with Crippen molar-refractivity contribution in [1.29, 1.82) is 5.41 Å². The Balaban J connectivity index is 1.97. The van der Waals surface area contributed by atoms with Gasteiger partial charge in [0.1, 0.15) is 4.88 Å². The van der Waals surface area contributed by atoms with Crippen LogP contribution in [-0.4, -0.2) is 59.9 Å². The van der Waals surface area contributed by atoms with Crippen LogP contribution in [0.3, 0.4) is 0 Å². The highest BCUT2D eigenvalue weighted by Gasteiger charge is 2.33. The Labute approximate surface area is 163 Å². The van der Waals surface area contributed by atoms with Crippen LogP contribution in [0.4, 0.5) is 23.1 Å². The Morgan fingerprint density at radius 1 is 1.43 bits per heavy atom. The van der Waals surface area contributed by atoms with E-state index in [-0.39, 0.29) is 25.2 Å². The fraction of sp³-hybridized carbons (Fsp3) is 0.500. The number of nitrogens with zero attached hydrogens (tertiary/aromatic N) is 3. The number of anilines is 1. The summed E-state index contributed by atoms with van der Waals surface area (Å²) in [7, 11) is 0. The summed E-state index contributed by atoms with van der Waals surface area (Å²) in [5.41, 5.74) is 5.74. The van der Waals surface area contributed by atoms with Crippen molar-refractivity contribution in [1.82, 2.24) is 15.2 Å². The van der Waals surface area contributed by atoms with Gasteiger partial charge in [-0.1, -0.05) is 11.3 Å². The van der Waals surface area contributed by atoms with Crippen LogP contribution in [-0.2, 0) is 0 Å². The molecule has 1 saturated heterocycles. The molecule has 0 aromatic carbocycles. The van der Waals surface area contributed by atoms with Gasteiger partial charge in [0, 0.05) is 26.1 Å². The lowest BCUT2D eigenvalue weighted by molar-refractivity contribution is -0.135. The summed E-state index contributed by atoms with van der Waals surface area (Å²) in [6.45, 7) is 2.24. The lowest BCUT2D eigenvalue weighted by Crippen LogP contribution is -2.32. The van der Waals surface area contributed by atoms with Crippen LogP contribution < -0.4 is 16.0 Å². The summed E-state index contributed by atoms with van der Waals surface area (Å²) < 4.78 is 36.8. The van der Waals surface area contributed by atoms with Crippen molar-refractivity contribution >= 4 is 34.1 Å². The molecule has 0 aliphatic carbocycles. The van der Waals surface area contributed by atoms with E-state index < -0.39 is 24.5 Å². The number of alkyl halides is 3. The third-order valence-electron chi connectivity index (χ3n) is 3.94. The molecule has 1 aromatic heterocycles. The summed E-state index contributed by atoms with van der Waals surface area (Å²) in [6.07, 6.45) is -2.79. The van der Waals surface area contributed by atoms with Crippen molar-refractivity contribution < 1.29 is 22.8 Å². The number of hydrogen-bond donors (Lipinski definition) is 3. The maximum absolute atomic E-state index is 12.4. The van der Waals surface area contributed by atoms with Crippen LogP contribution in [0.15, 0.2) is 12.3 Å². The number of aryl methyl sites for hydroxylation is 1. The third kappa shape index (κ3) is 5.68. The second-order valence-electron chi connectivity index (χ2n) is 6.12. The van der Waals surface area contributed by atoms with Gasteiger partial charge >= 0.3 is 12.2 Å². The Morgan fingerprint density at radius 3 is 2.79 bits per heavy atom. The Bertz CT molecular complexity index is 777. The van der Waals surface area contributed by atoms with E-state index in [0.717, 1.165) is 11.3 Å². The number of halogens is 3. The number of carbonyl (C=O) groups is 2. The van der Waals surface area contributed by atoms with Gasteiger partial charge in [-0.2, -0.15) is 13.2 Å². The Morgan fingerprint density at radius 2 is 2.14 bits per heavy atom. The highest BCUT2D eigenvalue weighted by molar-refractivity contribution is 7.17. The SMILES string of the molecule is Cc1nc(N2CCN(CCCC(F)(F)F)C2=O)sc1C(=O)NCC(=N)/C=C\N. The predicted octanol–water partition coefficient (Wildman–Crippen LogP) is 2.26. The Hall–Kier alpha value is -2.63. The molecule has 1 aliphatic heterocycles. The molecule has 1 aromatic rings. The van der Waals surface area contributed by atoms with E-state index in [2.05, 4.69) is 10.3 Å². The van der Waals surface area contributed by atoms with Gasteiger partial charge < -0.3 is 21.4 Å². The van der Waals surface area contributed by atoms with E-state index in [0.29, 0.717) is 28.8 Å². The zero-order valence-corrected chi connectivity index (χ0v) is 16.0. The monoisotopic (exact) mass is 418 g/mol. The molecule has 1 fully saturated rings. The molecule has 4 N–H and O–H groups in total. The predicted molar refractivity (Wildman–Crippen MR) is 99.8 cm³/mol. The molecule has 0 bridgehead atoms. The van der Waals surface area contributed by atoms with E-state index in [9.17, 15) is 22.8 Å². The average molecular weight is 418 g/mol. The van der Waals surface area contributed by atoms with E-state index >= 15 is 0 Å². The first-order valence-electron chi connectivity index (χ1n) is 8.47. The molecule has 2 heterocycles. The summed E-state index contributed by atoms with van der Waals surface area (Å²) in [5.74, 6) is -0.426. The lowest BCUT2D eigenvalue weighted by atomic mass is 10.3. The van der Waals surface area contributed by atoms with Gasteiger partial charge in [0.05, 0.1) is 18.0 Å². The molecule has 0 radical (unpaired) electrons. The first-order chi connectivity index (χ1) is 13.1. The molecule has 8 nitrogen and oxygen atoms in total. The van der Waals surface area contributed by atoms with Gasteiger partial charge in [0.2, 0.25) is 0 Å². The van der Waals surface area contributed by atoms with Crippen LogP contribution in [0, 0.1) is 12.3 Å². The first-order valence-corrected chi connectivity index (χ1v) is 9.28. The van der Waals surface area contributed by atoms with Crippen molar-refractivity contribution in [3.63, 3.8) is 0 Å². The van der Waals surface area contributed by atoms with Crippen molar-refractivity contribution in [3.8, 4) is 0 Å². The normalized spacial score (nSPS) is 14.9. The van der Waals surface area contributed by atoms with Gasteiger partial charge in [-0.25, -0.2) is 9.78 Å². The molecule has 0 saturated carbocycles. The molecule has 3 amide bonds. The maximum Gasteiger partial charge on any atom is 0.389 e. The molecular weight excluding hydrogens is 397 g/mol. The summed E-state index contributed by atoms with van der Waals surface area (Å²) in [4.78, 5) is 32.0. The number of nitrogens with one attached hydrogen (secondary N) is 2. The lowest BCUT2D eigenvalue weighted by Gasteiger charge is -2.17. The summed E-state index contributed by atoms with van der Waals surface area (Å²) in [6, 6.07) is -0.419. The van der Waals surface area contributed by atoms with Crippen LogP contribution in [0.25, 0.3) is 0 Å². The highest BCUT2D eigenvalue weighted by atomic mass is 32.1. The molecule has 12 heteroatoms. The van der Waals surface area contributed by atoms with Crippen molar-refractivity contribution in [2.75, 3.05) is 31.1 Å². The van der Waals surface area contributed by atoms with Crippen molar-refractivity contribution in [2.45, 2.75) is 25.9 Å². The number of nitrogens with two attached hydrogens (primary N) is 1. The molecule has 28 heavy (non-hydrogen) atoms. The quantitative estimate of drug-likeness (QED) is 0.562. The third-order valence-corrected chi connectivity index (χ3v) is 5.12.